The largest absolute Gasteiger partial charge is 0.388 e. The van der Waals surface area contributed by atoms with Crippen molar-refractivity contribution in [3.8, 4) is 0 Å². The number of aliphatic hydroxyl groups excluding tert-OH is 1. The summed E-state index contributed by atoms with van der Waals surface area (Å²) in [6, 6.07) is 0. The van der Waals surface area contributed by atoms with Gasteiger partial charge in [0.05, 0.1) is 11.0 Å². The van der Waals surface area contributed by atoms with Crippen molar-refractivity contribution in [3.05, 3.63) is 11.1 Å². The first kappa shape index (κ1) is 9.93. The molecule has 1 aromatic rings. The Hall–Kier alpha value is -0.610. The number of aromatic nitrogens is 1. The van der Waals surface area contributed by atoms with Crippen LogP contribution in [0.15, 0.2) is 6.20 Å². The van der Waals surface area contributed by atoms with Gasteiger partial charge < -0.3 is 10.0 Å². The molecule has 0 spiro atoms. The third-order valence-electron chi connectivity index (χ3n) is 2.55. The highest BCUT2D eigenvalue weighted by Crippen LogP contribution is 2.28. The van der Waals surface area contributed by atoms with Gasteiger partial charge >= 0.3 is 0 Å². The summed E-state index contributed by atoms with van der Waals surface area (Å²) in [5.74, 6) is 0. The average Bonchev–Trinajstić information content (AvgIpc) is 2.68. The van der Waals surface area contributed by atoms with Gasteiger partial charge in [-0.05, 0) is 26.2 Å². The lowest BCUT2D eigenvalue weighted by atomic mass is 10.1. The molecule has 0 aliphatic carbocycles. The summed E-state index contributed by atoms with van der Waals surface area (Å²) in [6.45, 7) is 4.02. The first-order chi connectivity index (χ1) is 6.77. The van der Waals surface area contributed by atoms with Gasteiger partial charge in [0.2, 0.25) is 0 Å². The minimum Gasteiger partial charge on any atom is -0.388 e. The van der Waals surface area contributed by atoms with Crippen molar-refractivity contribution >= 4 is 16.5 Å². The van der Waals surface area contributed by atoms with Crippen molar-refractivity contribution in [2.45, 2.75) is 32.3 Å². The van der Waals surface area contributed by atoms with Gasteiger partial charge in [0.25, 0.3) is 0 Å². The third kappa shape index (κ3) is 2.07. The lowest BCUT2D eigenvalue weighted by Crippen LogP contribution is -2.29. The number of hydrogen-bond acceptors (Lipinski definition) is 4. The summed E-state index contributed by atoms with van der Waals surface area (Å²) in [7, 11) is 0. The predicted octanol–water partition coefficient (Wildman–Crippen LogP) is 2.19. The van der Waals surface area contributed by atoms with Crippen LogP contribution in [0, 0.1) is 0 Å². The summed E-state index contributed by atoms with van der Waals surface area (Å²) in [4.78, 5) is 7.63. The minimum absolute atomic E-state index is 0.383. The number of piperidine rings is 1. The lowest BCUT2D eigenvalue weighted by molar-refractivity contribution is 0.203. The minimum atomic E-state index is -0.383. The van der Waals surface area contributed by atoms with E-state index in [1.165, 1.54) is 19.3 Å². The molecule has 78 valence electrons. The number of rotatable bonds is 2. The summed E-state index contributed by atoms with van der Waals surface area (Å²) in [5, 5.41) is 10.5. The normalized spacial score (nSPS) is 19.7. The molecule has 1 aromatic heterocycles. The fourth-order valence-corrected chi connectivity index (χ4v) is 2.61. The van der Waals surface area contributed by atoms with Crippen LogP contribution < -0.4 is 4.90 Å². The monoisotopic (exact) mass is 212 g/mol. The molecule has 4 heteroatoms. The highest BCUT2D eigenvalue weighted by Gasteiger charge is 2.15. The van der Waals surface area contributed by atoms with E-state index in [1.54, 1.807) is 24.5 Å². The topological polar surface area (TPSA) is 36.4 Å². The Morgan fingerprint density at radius 3 is 2.71 bits per heavy atom. The maximum absolute atomic E-state index is 9.39. The standard InChI is InChI=1S/C10H16N2OS/c1-8(13)9-7-11-10(14-9)12-5-3-2-4-6-12/h7-8,13H,2-6H2,1H3. The van der Waals surface area contributed by atoms with Gasteiger partial charge in [-0.25, -0.2) is 4.98 Å². The van der Waals surface area contributed by atoms with Gasteiger partial charge in [-0.2, -0.15) is 0 Å². The molecule has 1 N–H and O–H groups in total. The van der Waals surface area contributed by atoms with Crippen LogP contribution in [-0.2, 0) is 0 Å². The summed E-state index contributed by atoms with van der Waals surface area (Å²) in [5.41, 5.74) is 0. The van der Waals surface area contributed by atoms with Crippen LogP contribution in [0.2, 0.25) is 0 Å². The van der Waals surface area contributed by atoms with Crippen LogP contribution >= 0.6 is 11.3 Å². The molecule has 14 heavy (non-hydrogen) atoms. The molecule has 2 rings (SSSR count). The van der Waals surface area contributed by atoms with Crippen molar-refractivity contribution in [1.82, 2.24) is 4.98 Å². The number of hydrogen-bond donors (Lipinski definition) is 1. The molecular weight excluding hydrogens is 196 g/mol. The van der Waals surface area contributed by atoms with Crippen LogP contribution in [0.3, 0.4) is 0 Å². The van der Waals surface area contributed by atoms with E-state index in [0.717, 1.165) is 23.1 Å². The fraction of sp³-hybridized carbons (Fsp3) is 0.700. The van der Waals surface area contributed by atoms with Crippen LogP contribution in [0.4, 0.5) is 5.13 Å². The maximum Gasteiger partial charge on any atom is 0.185 e. The number of aliphatic hydroxyl groups is 1. The van der Waals surface area contributed by atoms with E-state index in [-0.39, 0.29) is 6.10 Å². The summed E-state index contributed by atoms with van der Waals surface area (Å²) in [6.07, 6.45) is 5.28. The molecular formula is C10H16N2OS. The van der Waals surface area contributed by atoms with E-state index < -0.39 is 0 Å². The third-order valence-corrected chi connectivity index (χ3v) is 3.78. The number of nitrogens with zero attached hydrogens (tertiary/aromatic N) is 2. The molecule has 0 amide bonds. The quantitative estimate of drug-likeness (QED) is 0.816. The molecule has 1 unspecified atom stereocenters. The Bertz CT molecular complexity index is 292. The second kappa shape index (κ2) is 4.28. The second-order valence-corrected chi connectivity index (χ2v) is 4.81. The zero-order chi connectivity index (χ0) is 9.97. The molecule has 1 fully saturated rings. The first-order valence-electron chi connectivity index (χ1n) is 5.16. The molecule has 1 saturated heterocycles. The Labute approximate surface area is 88.4 Å². The first-order valence-corrected chi connectivity index (χ1v) is 5.98. The van der Waals surface area contributed by atoms with Crippen LogP contribution in [-0.4, -0.2) is 23.2 Å². The second-order valence-electron chi connectivity index (χ2n) is 3.77. The van der Waals surface area contributed by atoms with E-state index in [4.69, 9.17) is 0 Å². The van der Waals surface area contributed by atoms with Gasteiger partial charge in [-0.15, -0.1) is 0 Å². The fourth-order valence-electron chi connectivity index (χ4n) is 1.70. The molecule has 0 aromatic carbocycles. The zero-order valence-corrected chi connectivity index (χ0v) is 9.26. The SMILES string of the molecule is CC(O)c1cnc(N2CCCCC2)s1. The lowest BCUT2D eigenvalue weighted by Gasteiger charge is -2.25. The predicted molar refractivity (Wildman–Crippen MR) is 58.8 cm³/mol. The Balaban J connectivity index is 2.07. The van der Waals surface area contributed by atoms with E-state index in [1.807, 2.05) is 0 Å². The highest BCUT2D eigenvalue weighted by molar-refractivity contribution is 7.15. The Kier molecular flexibility index (Phi) is 3.03. The van der Waals surface area contributed by atoms with E-state index in [9.17, 15) is 5.11 Å². The molecule has 0 saturated carbocycles. The maximum atomic E-state index is 9.39. The summed E-state index contributed by atoms with van der Waals surface area (Å²) < 4.78 is 0. The smallest absolute Gasteiger partial charge is 0.185 e. The number of anilines is 1. The molecule has 0 bridgehead atoms. The molecule has 2 heterocycles. The molecule has 0 radical (unpaired) electrons. The van der Waals surface area contributed by atoms with E-state index in [0.29, 0.717) is 0 Å². The average molecular weight is 212 g/mol. The molecule has 1 atom stereocenters. The Morgan fingerprint density at radius 1 is 1.43 bits per heavy atom. The van der Waals surface area contributed by atoms with Crippen molar-refractivity contribution in [2.75, 3.05) is 18.0 Å². The van der Waals surface area contributed by atoms with Crippen LogP contribution in [0.1, 0.15) is 37.2 Å². The molecule has 1 aliphatic rings. The number of thiazole rings is 1. The molecule has 3 nitrogen and oxygen atoms in total. The van der Waals surface area contributed by atoms with Gasteiger partial charge in [-0.1, -0.05) is 11.3 Å². The van der Waals surface area contributed by atoms with Gasteiger partial charge in [-0.3, -0.25) is 0 Å². The van der Waals surface area contributed by atoms with E-state index >= 15 is 0 Å². The van der Waals surface area contributed by atoms with Gasteiger partial charge in [0, 0.05) is 19.3 Å². The molecule has 1 aliphatic heterocycles. The van der Waals surface area contributed by atoms with Gasteiger partial charge in [0.15, 0.2) is 5.13 Å². The summed E-state index contributed by atoms with van der Waals surface area (Å²) >= 11 is 1.61. The van der Waals surface area contributed by atoms with E-state index in [2.05, 4.69) is 9.88 Å². The van der Waals surface area contributed by atoms with Crippen molar-refractivity contribution in [3.63, 3.8) is 0 Å². The van der Waals surface area contributed by atoms with Crippen molar-refractivity contribution < 1.29 is 5.11 Å². The van der Waals surface area contributed by atoms with Crippen LogP contribution in [0.25, 0.3) is 0 Å². The highest BCUT2D eigenvalue weighted by atomic mass is 32.1. The van der Waals surface area contributed by atoms with Crippen molar-refractivity contribution in [2.24, 2.45) is 0 Å². The Morgan fingerprint density at radius 2 is 2.14 bits per heavy atom. The van der Waals surface area contributed by atoms with Crippen LogP contribution in [0.5, 0.6) is 0 Å². The van der Waals surface area contributed by atoms with Crippen molar-refractivity contribution in [1.29, 1.82) is 0 Å². The van der Waals surface area contributed by atoms with Gasteiger partial charge in [0.1, 0.15) is 0 Å². The zero-order valence-electron chi connectivity index (χ0n) is 8.44.